The van der Waals surface area contributed by atoms with Crippen LogP contribution in [0.1, 0.15) is 62.1 Å². The molecule has 3 aromatic rings. The van der Waals surface area contributed by atoms with Crippen LogP contribution < -0.4 is 10.5 Å². The number of hydrogen-bond acceptors (Lipinski definition) is 4. The second kappa shape index (κ2) is 11.3. The molecule has 1 aromatic heterocycles. The summed E-state index contributed by atoms with van der Waals surface area (Å²) in [7, 11) is 0. The average molecular weight is 428 g/mol. The van der Waals surface area contributed by atoms with Crippen molar-refractivity contribution < 1.29 is 4.74 Å². The fraction of sp³-hybridized carbons (Fsp3) is 0.357. The smallest absolute Gasteiger partial charge is 0.142 e. The van der Waals surface area contributed by atoms with Crippen molar-refractivity contribution in [2.24, 2.45) is 0 Å². The molecule has 0 unspecified atom stereocenters. The van der Waals surface area contributed by atoms with Crippen molar-refractivity contribution >= 4 is 5.82 Å². The summed E-state index contributed by atoms with van der Waals surface area (Å²) in [5.74, 6) is 1.10. The topological polar surface area (TPSA) is 71.9 Å². The van der Waals surface area contributed by atoms with E-state index in [1.165, 1.54) is 32.1 Å². The first-order chi connectivity index (χ1) is 15.5. The highest BCUT2D eigenvalue weighted by Gasteiger charge is 2.15. The van der Waals surface area contributed by atoms with Gasteiger partial charge in [0.1, 0.15) is 23.2 Å². The maximum absolute atomic E-state index is 9.70. The van der Waals surface area contributed by atoms with Gasteiger partial charge in [0.05, 0.1) is 12.3 Å². The molecule has 0 spiro atoms. The summed E-state index contributed by atoms with van der Waals surface area (Å²) in [6, 6.07) is 18.3. The Hall–Kier alpha value is -3.32. The van der Waals surface area contributed by atoms with E-state index in [0.29, 0.717) is 5.56 Å². The first-order valence-electron chi connectivity index (χ1n) is 11.5. The third kappa shape index (κ3) is 5.88. The summed E-state index contributed by atoms with van der Waals surface area (Å²) >= 11 is 0. The molecule has 0 aliphatic rings. The second-order valence-electron chi connectivity index (χ2n) is 8.39. The molecule has 0 amide bonds. The molecule has 2 aromatic carbocycles. The van der Waals surface area contributed by atoms with Gasteiger partial charge in [-0.2, -0.15) is 5.26 Å². The first kappa shape index (κ1) is 23.3. The Labute approximate surface area is 192 Å². The van der Waals surface area contributed by atoms with E-state index in [1.54, 1.807) is 0 Å². The first-order valence-corrected chi connectivity index (χ1v) is 11.5. The third-order valence-electron chi connectivity index (χ3n) is 5.76. The van der Waals surface area contributed by atoms with E-state index in [-0.39, 0.29) is 5.82 Å². The van der Waals surface area contributed by atoms with E-state index >= 15 is 0 Å². The summed E-state index contributed by atoms with van der Waals surface area (Å²) in [5, 5.41) is 9.70. The largest absolute Gasteiger partial charge is 0.494 e. The number of rotatable bonds is 10. The maximum Gasteiger partial charge on any atom is 0.142 e. The lowest BCUT2D eigenvalue weighted by Gasteiger charge is -2.13. The SMILES string of the molecule is CCCCCCCCOc1ccc(-c2cc(-c3cc(C)ccc3C)nc(N)c2C#N)cc1. The number of nitrogens with zero attached hydrogens (tertiary/aromatic N) is 2. The highest BCUT2D eigenvalue weighted by Crippen LogP contribution is 2.33. The number of aryl methyl sites for hydroxylation is 2. The Morgan fingerprint density at radius 2 is 1.62 bits per heavy atom. The van der Waals surface area contributed by atoms with Crippen molar-refractivity contribution in [3.63, 3.8) is 0 Å². The molecule has 32 heavy (non-hydrogen) atoms. The van der Waals surface area contributed by atoms with Crippen molar-refractivity contribution in [3.8, 4) is 34.2 Å². The number of nitrogen functional groups attached to an aromatic ring is 1. The van der Waals surface area contributed by atoms with Crippen LogP contribution in [0.3, 0.4) is 0 Å². The van der Waals surface area contributed by atoms with Gasteiger partial charge in [-0.15, -0.1) is 0 Å². The molecular weight excluding hydrogens is 394 g/mol. The zero-order chi connectivity index (χ0) is 22.9. The van der Waals surface area contributed by atoms with E-state index in [0.717, 1.165) is 52.3 Å². The van der Waals surface area contributed by atoms with Crippen molar-refractivity contribution in [1.29, 1.82) is 5.26 Å². The number of nitrogens with two attached hydrogens (primary N) is 1. The molecule has 0 bridgehead atoms. The van der Waals surface area contributed by atoms with Gasteiger partial charge in [-0.25, -0.2) is 4.98 Å². The van der Waals surface area contributed by atoms with Gasteiger partial charge in [-0.05, 0) is 55.7 Å². The van der Waals surface area contributed by atoms with Crippen molar-refractivity contribution in [3.05, 3.63) is 65.2 Å². The predicted octanol–water partition coefficient (Wildman–Crippen LogP) is 7.23. The molecule has 4 nitrogen and oxygen atoms in total. The highest BCUT2D eigenvalue weighted by molar-refractivity contribution is 5.81. The van der Waals surface area contributed by atoms with Gasteiger partial charge in [0.25, 0.3) is 0 Å². The Morgan fingerprint density at radius 3 is 2.34 bits per heavy atom. The van der Waals surface area contributed by atoms with Gasteiger partial charge >= 0.3 is 0 Å². The van der Waals surface area contributed by atoms with Crippen LogP contribution in [0, 0.1) is 25.2 Å². The number of nitriles is 1. The Kier molecular flexibility index (Phi) is 8.27. The van der Waals surface area contributed by atoms with Crippen LogP contribution in [0.5, 0.6) is 5.75 Å². The van der Waals surface area contributed by atoms with Crippen molar-refractivity contribution in [2.45, 2.75) is 59.3 Å². The molecule has 166 valence electrons. The molecule has 0 saturated heterocycles. The lowest BCUT2D eigenvalue weighted by atomic mass is 9.96. The van der Waals surface area contributed by atoms with Gasteiger partial charge in [0, 0.05) is 11.1 Å². The minimum atomic E-state index is 0.254. The number of unbranched alkanes of at least 4 members (excludes halogenated alkanes) is 5. The lowest BCUT2D eigenvalue weighted by molar-refractivity contribution is 0.304. The highest BCUT2D eigenvalue weighted by atomic mass is 16.5. The molecule has 3 rings (SSSR count). The third-order valence-corrected chi connectivity index (χ3v) is 5.76. The molecule has 0 aliphatic heterocycles. The molecule has 0 radical (unpaired) electrons. The second-order valence-corrected chi connectivity index (χ2v) is 8.39. The van der Waals surface area contributed by atoms with Crippen LogP contribution >= 0.6 is 0 Å². The van der Waals surface area contributed by atoms with Crippen LogP contribution in [0.4, 0.5) is 5.82 Å². The summed E-state index contributed by atoms with van der Waals surface area (Å²) in [6.45, 7) is 7.08. The van der Waals surface area contributed by atoms with Crippen LogP contribution in [-0.2, 0) is 0 Å². The number of benzene rings is 2. The van der Waals surface area contributed by atoms with E-state index in [4.69, 9.17) is 10.5 Å². The number of aromatic nitrogens is 1. The summed E-state index contributed by atoms with van der Waals surface area (Å²) in [4.78, 5) is 4.53. The van der Waals surface area contributed by atoms with Crippen molar-refractivity contribution in [1.82, 2.24) is 4.98 Å². The number of hydrogen-bond donors (Lipinski definition) is 1. The fourth-order valence-electron chi connectivity index (χ4n) is 3.86. The molecule has 0 saturated carbocycles. The van der Waals surface area contributed by atoms with Gasteiger partial charge in [0.2, 0.25) is 0 Å². The molecule has 0 atom stereocenters. The summed E-state index contributed by atoms with van der Waals surface area (Å²) < 4.78 is 5.90. The summed E-state index contributed by atoms with van der Waals surface area (Å²) in [6.07, 6.45) is 7.46. The Bertz CT molecular complexity index is 1080. The van der Waals surface area contributed by atoms with Crippen LogP contribution in [0.2, 0.25) is 0 Å². The minimum absolute atomic E-state index is 0.254. The van der Waals surface area contributed by atoms with E-state index < -0.39 is 0 Å². The zero-order valence-electron chi connectivity index (χ0n) is 19.4. The molecule has 0 fully saturated rings. The van der Waals surface area contributed by atoms with Crippen molar-refractivity contribution in [2.75, 3.05) is 12.3 Å². The van der Waals surface area contributed by atoms with Gasteiger partial charge in [0.15, 0.2) is 0 Å². The molecule has 2 N–H and O–H groups in total. The standard InChI is InChI=1S/C28H33N3O/c1-4-5-6-7-8-9-16-32-23-14-12-22(13-15-23)25-18-27(31-28(30)26(25)19-29)24-17-20(2)10-11-21(24)3/h10-15,17-18H,4-9,16H2,1-3H3,(H2,30,31). The van der Waals surface area contributed by atoms with Gasteiger partial charge in [-0.1, -0.05) is 68.9 Å². The van der Waals surface area contributed by atoms with Crippen LogP contribution in [0.25, 0.3) is 22.4 Å². The maximum atomic E-state index is 9.70. The fourth-order valence-corrected chi connectivity index (χ4v) is 3.86. The molecule has 1 heterocycles. The quantitative estimate of drug-likeness (QED) is 0.347. The number of ether oxygens (including phenoxy) is 1. The Morgan fingerprint density at radius 1 is 0.906 bits per heavy atom. The lowest BCUT2D eigenvalue weighted by Crippen LogP contribution is -2.01. The van der Waals surface area contributed by atoms with Gasteiger partial charge < -0.3 is 10.5 Å². The molecule has 4 heteroatoms. The number of pyridine rings is 1. The molecule has 0 aliphatic carbocycles. The van der Waals surface area contributed by atoms with Crippen LogP contribution in [-0.4, -0.2) is 11.6 Å². The van der Waals surface area contributed by atoms with E-state index in [9.17, 15) is 5.26 Å². The predicted molar refractivity (Wildman–Crippen MR) is 133 cm³/mol. The Balaban J connectivity index is 1.77. The van der Waals surface area contributed by atoms with E-state index in [2.05, 4.69) is 50.0 Å². The monoisotopic (exact) mass is 427 g/mol. The minimum Gasteiger partial charge on any atom is -0.494 e. The summed E-state index contributed by atoms with van der Waals surface area (Å²) in [5.41, 5.74) is 12.4. The zero-order valence-corrected chi connectivity index (χ0v) is 19.4. The van der Waals surface area contributed by atoms with Gasteiger partial charge in [-0.3, -0.25) is 0 Å². The average Bonchev–Trinajstić information content (AvgIpc) is 2.80. The molecular formula is C28H33N3O. The number of anilines is 1. The van der Waals surface area contributed by atoms with Crippen LogP contribution in [0.15, 0.2) is 48.5 Å². The normalized spacial score (nSPS) is 10.7. The van der Waals surface area contributed by atoms with E-state index in [1.807, 2.05) is 30.3 Å².